The van der Waals surface area contributed by atoms with Gasteiger partial charge in [0.2, 0.25) is 0 Å². The van der Waals surface area contributed by atoms with Gasteiger partial charge >= 0.3 is 0 Å². The predicted molar refractivity (Wildman–Crippen MR) is 76.1 cm³/mol. The summed E-state index contributed by atoms with van der Waals surface area (Å²) in [7, 11) is 0. The second-order valence-electron chi connectivity index (χ2n) is 5.11. The van der Waals surface area contributed by atoms with Crippen molar-refractivity contribution in [1.82, 2.24) is 15.1 Å². The molecule has 0 radical (unpaired) electrons. The molecule has 2 aromatic heterocycles. The Morgan fingerprint density at radius 1 is 1.37 bits per heavy atom. The maximum absolute atomic E-state index is 5.52. The Balaban J connectivity index is 2.06. The number of nitrogens with one attached hydrogen (secondary N) is 1. The lowest BCUT2D eigenvalue weighted by molar-refractivity contribution is 0.406. The van der Waals surface area contributed by atoms with Crippen molar-refractivity contribution in [2.75, 3.05) is 6.54 Å². The Morgan fingerprint density at radius 2 is 2.21 bits per heavy atom. The van der Waals surface area contributed by atoms with Crippen molar-refractivity contribution in [1.29, 1.82) is 0 Å². The minimum absolute atomic E-state index is 0.200. The van der Waals surface area contributed by atoms with Crippen LogP contribution in [0.5, 0.6) is 0 Å². The number of nitrogens with zero attached hydrogens (tertiary/aromatic N) is 2. The summed E-state index contributed by atoms with van der Waals surface area (Å²) >= 11 is 0. The zero-order valence-corrected chi connectivity index (χ0v) is 12.0. The number of hydrogen-bond donors (Lipinski definition) is 1. The Morgan fingerprint density at radius 3 is 2.79 bits per heavy atom. The van der Waals surface area contributed by atoms with Crippen LogP contribution in [0.15, 0.2) is 35.1 Å². The first-order valence-corrected chi connectivity index (χ1v) is 7.01. The minimum atomic E-state index is 0.200. The standard InChI is InChI=1S/C15H23N3O/c1-4-8-16-14(15-6-5-10-19-15)11-13-7-9-18(17-13)12(2)3/h5-7,9-10,12,14,16H,4,8,11H2,1-3H3. The summed E-state index contributed by atoms with van der Waals surface area (Å²) in [5.41, 5.74) is 1.10. The molecule has 2 aromatic rings. The van der Waals surface area contributed by atoms with E-state index in [1.165, 1.54) is 0 Å². The molecular formula is C15H23N3O. The van der Waals surface area contributed by atoms with Crippen LogP contribution in [-0.2, 0) is 6.42 Å². The summed E-state index contributed by atoms with van der Waals surface area (Å²) in [4.78, 5) is 0. The summed E-state index contributed by atoms with van der Waals surface area (Å²) in [6.07, 6.45) is 5.73. The molecule has 0 bridgehead atoms. The summed E-state index contributed by atoms with van der Waals surface area (Å²) < 4.78 is 7.52. The van der Waals surface area contributed by atoms with Gasteiger partial charge in [-0.25, -0.2) is 0 Å². The monoisotopic (exact) mass is 261 g/mol. The van der Waals surface area contributed by atoms with Crippen LogP contribution in [0.1, 0.15) is 50.7 Å². The van der Waals surface area contributed by atoms with Crippen molar-refractivity contribution in [2.45, 2.75) is 45.7 Å². The Hall–Kier alpha value is -1.55. The third-order valence-electron chi connectivity index (χ3n) is 3.13. The van der Waals surface area contributed by atoms with E-state index in [2.05, 4.69) is 37.3 Å². The van der Waals surface area contributed by atoms with Crippen LogP contribution < -0.4 is 5.32 Å². The molecule has 0 saturated heterocycles. The SMILES string of the molecule is CCCNC(Cc1ccn(C(C)C)n1)c1ccco1. The molecule has 0 aliphatic rings. The molecule has 1 N–H and O–H groups in total. The van der Waals surface area contributed by atoms with Crippen molar-refractivity contribution in [3.05, 3.63) is 42.1 Å². The molecule has 0 saturated carbocycles. The maximum Gasteiger partial charge on any atom is 0.121 e. The average Bonchev–Trinajstić information content (AvgIpc) is 3.05. The molecule has 1 unspecified atom stereocenters. The number of furan rings is 1. The molecule has 2 heterocycles. The topological polar surface area (TPSA) is 43.0 Å². The van der Waals surface area contributed by atoms with Crippen LogP contribution in [0.2, 0.25) is 0 Å². The van der Waals surface area contributed by atoms with Crippen molar-refractivity contribution >= 4 is 0 Å². The fraction of sp³-hybridized carbons (Fsp3) is 0.533. The molecule has 0 aromatic carbocycles. The lowest BCUT2D eigenvalue weighted by Gasteiger charge is -2.15. The number of rotatable bonds is 7. The van der Waals surface area contributed by atoms with Crippen LogP contribution in [0.4, 0.5) is 0 Å². The van der Waals surface area contributed by atoms with Crippen LogP contribution in [0.25, 0.3) is 0 Å². The molecule has 4 heteroatoms. The van der Waals surface area contributed by atoms with Gasteiger partial charge in [-0.2, -0.15) is 5.10 Å². The van der Waals surface area contributed by atoms with Crippen LogP contribution >= 0.6 is 0 Å². The number of hydrogen-bond acceptors (Lipinski definition) is 3. The van der Waals surface area contributed by atoms with Crippen molar-refractivity contribution in [2.24, 2.45) is 0 Å². The predicted octanol–water partition coefficient (Wildman–Crippen LogP) is 3.34. The molecule has 104 valence electrons. The van der Waals surface area contributed by atoms with E-state index >= 15 is 0 Å². The van der Waals surface area contributed by atoms with Crippen molar-refractivity contribution < 1.29 is 4.42 Å². The molecule has 0 amide bonds. The maximum atomic E-state index is 5.52. The van der Waals surface area contributed by atoms with Gasteiger partial charge in [0, 0.05) is 18.7 Å². The molecular weight excluding hydrogens is 238 g/mol. The fourth-order valence-corrected chi connectivity index (χ4v) is 2.06. The van der Waals surface area contributed by atoms with Crippen molar-refractivity contribution in [3.8, 4) is 0 Å². The third-order valence-corrected chi connectivity index (χ3v) is 3.13. The second kappa shape index (κ2) is 6.57. The zero-order valence-electron chi connectivity index (χ0n) is 12.0. The van der Waals surface area contributed by atoms with E-state index in [9.17, 15) is 0 Å². The quantitative estimate of drug-likeness (QED) is 0.831. The van der Waals surface area contributed by atoms with E-state index in [1.807, 2.05) is 23.0 Å². The Labute approximate surface area is 114 Å². The molecule has 0 aliphatic carbocycles. The van der Waals surface area contributed by atoms with Crippen LogP contribution in [-0.4, -0.2) is 16.3 Å². The van der Waals surface area contributed by atoms with E-state index in [0.29, 0.717) is 6.04 Å². The molecule has 0 fully saturated rings. The van der Waals surface area contributed by atoms with Gasteiger partial charge in [0.25, 0.3) is 0 Å². The van der Waals surface area contributed by atoms with Gasteiger partial charge in [0.05, 0.1) is 18.0 Å². The molecule has 19 heavy (non-hydrogen) atoms. The average molecular weight is 261 g/mol. The van der Waals surface area contributed by atoms with Crippen molar-refractivity contribution in [3.63, 3.8) is 0 Å². The Kier molecular flexibility index (Phi) is 4.80. The van der Waals surface area contributed by atoms with E-state index in [0.717, 1.165) is 30.8 Å². The van der Waals surface area contributed by atoms with E-state index < -0.39 is 0 Å². The summed E-state index contributed by atoms with van der Waals surface area (Å²) in [6.45, 7) is 7.42. The van der Waals surface area contributed by atoms with Gasteiger partial charge in [-0.1, -0.05) is 6.92 Å². The first kappa shape index (κ1) is 13.9. The summed E-state index contributed by atoms with van der Waals surface area (Å²) in [6, 6.07) is 6.64. The van der Waals surface area contributed by atoms with Gasteiger partial charge in [-0.15, -0.1) is 0 Å². The van der Waals surface area contributed by atoms with E-state index in [1.54, 1.807) is 6.26 Å². The van der Waals surface area contributed by atoms with Crippen LogP contribution in [0.3, 0.4) is 0 Å². The molecule has 2 rings (SSSR count). The highest BCUT2D eigenvalue weighted by Crippen LogP contribution is 2.18. The van der Waals surface area contributed by atoms with Gasteiger partial charge in [0.15, 0.2) is 0 Å². The van der Waals surface area contributed by atoms with E-state index in [4.69, 9.17) is 4.42 Å². The summed E-state index contributed by atoms with van der Waals surface area (Å²) in [5, 5.41) is 8.12. The highest BCUT2D eigenvalue weighted by Gasteiger charge is 2.16. The lowest BCUT2D eigenvalue weighted by atomic mass is 10.1. The molecule has 1 atom stereocenters. The minimum Gasteiger partial charge on any atom is -0.468 e. The Bertz CT molecular complexity index is 473. The fourth-order valence-electron chi connectivity index (χ4n) is 2.06. The molecule has 0 spiro atoms. The highest BCUT2D eigenvalue weighted by molar-refractivity contribution is 5.10. The third kappa shape index (κ3) is 3.70. The summed E-state index contributed by atoms with van der Waals surface area (Å²) in [5.74, 6) is 0.979. The highest BCUT2D eigenvalue weighted by atomic mass is 16.3. The number of aromatic nitrogens is 2. The largest absolute Gasteiger partial charge is 0.468 e. The van der Waals surface area contributed by atoms with Gasteiger partial charge in [-0.05, 0) is 45.0 Å². The lowest BCUT2D eigenvalue weighted by Crippen LogP contribution is -2.24. The van der Waals surface area contributed by atoms with Gasteiger partial charge in [0.1, 0.15) is 5.76 Å². The van der Waals surface area contributed by atoms with Gasteiger partial charge < -0.3 is 9.73 Å². The smallest absolute Gasteiger partial charge is 0.121 e. The van der Waals surface area contributed by atoms with Gasteiger partial charge in [-0.3, -0.25) is 4.68 Å². The molecule has 0 aliphatic heterocycles. The molecule has 4 nitrogen and oxygen atoms in total. The first-order chi connectivity index (χ1) is 9.20. The normalized spacial score (nSPS) is 13.1. The van der Waals surface area contributed by atoms with E-state index in [-0.39, 0.29) is 6.04 Å². The second-order valence-corrected chi connectivity index (χ2v) is 5.11. The zero-order chi connectivity index (χ0) is 13.7. The first-order valence-electron chi connectivity index (χ1n) is 7.01. The van der Waals surface area contributed by atoms with Crippen LogP contribution in [0, 0.1) is 0 Å².